The molecule has 0 bridgehead atoms. The summed E-state index contributed by atoms with van der Waals surface area (Å²) in [6.07, 6.45) is 1.81. The van der Waals surface area contributed by atoms with Crippen LogP contribution >= 0.6 is 12.2 Å². The number of carboxylic acids is 1. The van der Waals surface area contributed by atoms with E-state index in [0.717, 1.165) is 12.6 Å². The van der Waals surface area contributed by atoms with Gasteiger partial charge in [-0.25, -0.2) is 4.79 Å². The summed E-state index contributed by atoms with van der Waals surface area (Å²) in [5.41, 5.74) is -1.04. The van der Waals surface area contributed by atoms with Crippen molar-refractivity contribution in [3.63, 3.8) is 0 Å². The van der Waals surface area contributed by atoms with Crippen LogP contribution in [0, 0.1) is 4.77 Å². The fraction of sp³-hybridized carbons (Fsp3) is 0.250. The van der Waals surface area contributed by atoms with Gasteiger partial charge in [-0.2, -0.15) is 0 Å². The summed E-state index contributed by atoms with van der Waals surface area (Å²) < 4.78 is 0.111. The minimum Gasteiger partial charge on any atom is -0.477 e. The summed E-state index contributed by atoms with van der Waals surface area (Å²) in [6, 6.07) is 0. The van der Waals surface area contributed by atoms with Crippen LogP contribution in [-0.4, -0.2) is 46.4 Å². The molecule has 1 aromatic heterocycles. The quantitative estimate of drug-likeness (QED) is 0.495. The van der Waals surface area contributed by atoms with Gasteiger partial charge in [0.2, 0.25) is 6.41 Å². The van der Waals surface area contributed by atoms with Crippen molar-refractivity contribution in [2.24, 2.45) is 0 Å². The van der Waals surface area contributed by atoms with Gasteiger partial charge < -0.3 is 15.0 Å². The van der Waals surface area contributed by atoms with E-state index in [4.69, 9.17) is 5.11 Å². The zero-order chi connectivity index (χ0) is 12.7. The molecule has 1 aromatic rings. The molecule has 0 aliphatic rings. The number of aromatic carboxylic acids is 1. The van der Waals surface area contributed by atoms with Crippen molar-refractivity contribution in [3.8, 4) is 0 Å². The zero-order valence-electron chi connectivity index (χ0n) is 8.68. The summed E-state index contributed by atoms with van der Waals surface area (Å²) in [6.45, 7) is 0. The summed E-state index contributed by atoms with van der Waals surface area (Å²) in [7, 11) is 3.38. The Bertz CT molecular complexity index is 477. The highest BCUT2D eigenvalue weighted by atomic mass is 32.1. The molecule has 1 heterocycles. The second kappa shape index (κ2) is 6.51. The van der Waals surface area contributed by atoms with Gasteiger partial charge in [-0.05, 0) is 12.2 Å². The Morgan fingerprint density at radius 3 is 2.38 bits per heavy atom. The number of aromatic nitrogens is 2. The smallest absolute Gasteiger partial charge is 0.342 e. The van der Waals surface area contributed by atoms with Gasteiger partial charge in [0.15, 0.2) is 4.77 Å². The molecule has 1 rings (SSSR count). The first-order valence-electron chi connectivity index (χ1n) is 4.05. The molecule has 0 radical (unpaired) electrons. The molecule has 0 spiro atoms. The van der Waals surface area contributed by atoms with Crippen LogP contribution in [0.2, 0.25) is 0 Å². The molecule has 0 aliphatic carbocycles. The Balaban J connectivity index is 0.000000385. The number of nitrogens with zero attached hydrogens (tertiary/aromatic N) is 1. The van der Waals surface area contributed by atoms with E-state index < -0.39 is 11.5 Å². The highest BCUT2D eigenvalue weighted by molar-refractivity contribution is 7.71. The number of carboxylic acid groups (broad SMARTS) is 1. The molecule has 0 aliphatic heterocycles. The largest absolute Gasteiger partial charge is 0.477 e. The minimum absolute atomic E-state index is 0.111. The van der Waals surface area contributed by atoms with Crippen LogP contribution in [0.1, 0.15) is 10.4 Å². The van der Waals surface area contributed by atoms with Crippen LogP contribution in [0.4, 0.5) is 0 Å². The van der Waals surface area contributed by atoms with E-state index in [0.29, 0.717) is 0 Å². The predicted molar refractivity (Wildman–Crippen MR) is 59.0 cm³/mol. The van der Waals surface area contributed by atoms with Crippen molar-refractivity contribution in [1.82, 2.24) is 14.9 Å². The van der Waals surface area contributed by atoms with Crippen molar-refractivity contribution < 1.29 is 14.7 Å². The number of carbonyl (C=O) groups excluding carboxylic acids is 1. The van der Waals surface area contributed by atoms with Crippen LogP contribution in [0.3, 0.4) is 0 Å². The predicted octanol–water partition coefficient (Wildman–Crippen LogP) is -0.165. The molecule has 88 valence electrons. The van der Waals surface area contributed by atoms with E-state index in [2.05, 4.69) is 22.2 Å². The van der Waals surface area contributed by atoms with Gasteiger partial charge in [-0.15, -0.1) is 0 Å². The Kier molecular flexibility index (Phi) is 5.71. The van der Waals surface area contributed by atoms with Crippen molar-refractivity contribution >= 4 is 24.6 Å². The number of hydrogen-bond donors (Lipinski definition) is 3. The number of H-pyrrole nitrogens is 2. The van der Waals surface area contributed by atoms with E-state index in [1.807, 2.05) is 0 Å². The summed E-state index contributed by atoms with van der Waals surface area (Å²) in [5, 5.41) is 8.38. The first-order chi connectivity index (χ1) is 7.38. The standard InChI is InChI=1S/C5H4N2O3S.C3H7NO/c8-3-2(4(9)10)1-6-5(11)7-3;1-4(2)3-5/h1H,(H,9,10)(H2,6,7,8,11);3H,1-2H3. The number of amides is 1. The molecule has 0 aromatic carbocycles. The maximum Gasteiger partial charge on any atom is 0.342 e. The monoisotopic (exact) mass is 245 g/mol. The number of carbonyl (C=O) groups is 2. The van der Waals surface area contributed by atoms with Gasteiger partial charge in [0.25, 0.3) is 5.56 Å². The Labute approximate surface area is 95.7 Å². The third-order valence-corrected chi connectivity index (χ3v) is 1.48. The average Bonchev–Trinajstić information content (AvgIpc) is 2.17. The second-order valence-electron chi connectivity index (χ2n) is 2.86. The Morgan fingerprint density at radius 1 is 1.56 bits per heavy atom. The number of aromatic amines is 2. The molecule has 1 amide bonds. The van der Waals surface area contributed by atoms with Crippen LogP contribution < -0.4 is 5.56 Å². The van der Waals surface area contributed by atoms with E-state index in [9.17, 15) is 14.4 Å². The molecule has 0 saturated carbocycles. The van der Waals surface area contributed by atoms with Crippen LogP contribution in [-0.2, 0) is 4.79 Å². The lowest BCUT2D eigenvalue weighted by Gasteiger charge is -1.93. The third-order valence-electron chi connectivity index (χ3n) is 1.26. The van der Waals surface area contributed by atoms with Gasteiger partial charge in [-0.3, -0.25) is 14.6 Å². The summed E-state index contributed by atoms with van der Waals surface area (Å²) >= 11 is 4.54. The van der Waals surface area contributed by atoms with Gasteiger partial charge >= 0.3 is 5.97 Å². The van der Waals surface area contributed by atoms with Crippen molar-refractivity contribution in [3.05, 3.63) is 26.9 Å². The molecule has 7 nitrogen and oxygen atoms in total. The van der Waals surface area contributed by atoms with Crippen LogP contribution in [0.5, 0.6) is 0 Å². The summed E-state index contributed by atoms with van der Waals surface area (Å²) in [5.74, 6) is -1.28. The maximum atomic E-state index is 10.8. The van der Waals surface area contributed by atoms with Crippen molar-refractivity contribution in [2.75, 3.05) is 14.1 Å². The van der Waals surface area contributed by atoms with E-state index in [1.54, 1.807) is 14.1 Å². The molecule has 0 fully saturated rings. The molecule has 0 atom stereocenters. The third kappa shape index (κ3) is 5.05. The lowest BCUT2D eigenvalue weighted by atomic mass is 10.3. The first kappa shape index (κ1) is 14.0. The molecule has 8 heteroatoms. The van der Waals surface area contributed by atoms with E-state index in [1.165, 1.54) is 4.90 Å². The molecular weight excluding hydrogens is 234 g/mol. The minimum atomic E-state index is -1.28. The first-order valence-corrected chi connectivity index (χ1v) is 4.46. The molecule has 0 unspecified atom stereocenters. The molecular formula is C8H11N3O4S. The lowest BCUT2D eigenvalue weighted by molar-refractivity contribution is -0.115. The SMILES string of the molecule is CN(C)C=O.O=C(O)c1c[nH]c(=S)[nH]c1=O. The van der Waals surface area contributed by atoms with E-state index >= 15 is 0 Å². The second-order valence-corrected chi connectivity index (χ2v) is 3.27. The maximum absolute atomic E-state index is 10.8. The Hall–Kier alpha value is -1.96. The van der Waals surface area contributed by atoms with E-state index in [-0.39, 0.29) is 10.3 Å². The highest BCUT2D eigenvalue weighted by Gasteiger charge is 2.06. The fourth-order valence-corrected chi connectivity index (χ4v) is 0.720. The van der Waals surface area contributed by atoms with Crippen LogP contribution in [0.25, 0.3) is 0 Å². The van der Waals surface area contributed by atoms with Crippen molar-refractivity contribution in [2.45, 2.75) is 0 Å². The van der Waals surface area contributed by atoms with Crippen molar-refractivity contribution in [1.29, 1.82) is 0 Å². The molecule has 3 N–H and O–H groups in total. The molecule has 0 saturated heterocycles. The van der Waals surface area contributed by atoms with Gasteiger partial charge in [0.1, 0.15) is 5.56 Å². The fourth-order valence-electron chi connectivity index (χ4n) is 0.569. The number of nitrogens with one attached hydrogen (secondary N) is 2. The lowest BCUT2D eigenvalue weighted by Crippen LogP contribution is -2.17. The van der Waals surface area contributed by atoms with Gasteiger partial charge in [0, 0.05) is 20.3 Å². The highest BCUT2D eigenvalue weighted by Crippen LogP contribution is 1.84. The van der Waals surface area contributed by atoms with Gasteiger partial charge in [-0.1, -0.05) is 0 Å². The topological polar surface area (TPSA) is 106 Å². The number of rotatable bonds is 2. The summed E-state index contributed by atoms with van der Waals surface area (Å²) in [4.78, 5) is 36.4. The zero-order valence-corrected chi connectivity index (χ0v) is 9.50. The normalized spacial score (nSPS) is 8.62. The Morgan fingerprint density at radius 2 is 2.06 bits per heavy atom. The molecule has 16 heavy (non-hydrogen) atoms. The average molecular weight is 245 g/mol. The number of hydrogen-bond acceptors (Lipinski definition) is 4. The van der Waals surface area contributed by atoms with Gasteiger partial charge in [0.05, 0.1) is 0 Å². The van der Waals surface area contributed by atoms with Crippen LogP contribution in [0.15, 0.2) is 11.0 Å².